The molecule has 0 amide bonds. The summed E-state index contributed by atoms with van der Waals surface area (Å²) in [5.41, 5.74) is 3.26. The molecule has 2 aliphatic rings. The van der Waals surface area contributed by atoms with Gasteiger partial charge >= 0.3 is 6.18 Å². The molecular formula is C26H32F3NO3. The average molecular weight is 464 g/mol. The fourth-order valence-electron chi connectivity index (χ4n) is 5.62. The number of pyridine rings is 1. The Kier molecular flexibility index (Phi) is 6.60. The molecule has 2 atom stereocenters. The Bertz CT molecular complexity index is 995. The van der Waals surface area contributed by atoms with Crippen molar-refractivity contribution in [3.05, 3.63) is 63.5 Å². The fourth-order valence-corrected chi connectivity index (χ4v) is 5.62. The second-order valence-electron chi connectivity index (χ2n) is 10.2. The molecule has 0 bridgehead atoms. The van der Waals surface area contributed by atoms with Crippen molar-refractivity contribution in [1.29, 1.82) is 0 Å². The predicted octanol–water partition coefficient (Wildman–Crippen LogP) is 5.99. The molecule has 2 aromatic rings. The van der Waals surface area contributed by atoms with E-state index in [9.17, 15) is 23.4 Å². The summed E-state index contributed by atoms with van der Waals surface area (Å²) < 4.78 is 44.6. The molecule has 33 heavy (non-hydrogen) atoms. The average Bonchev–Trinajstić information content (AvgIpc) is 3.25. The number of aromatic nitrogens is 1. The van der Waals surface area contributed by atoms with Crippen molar-refractivity contribution in [2.75, 3.05) is 7.11 Å². The Balaban J connectivity index is 1.89. The minimum atomic E-state index is -4.44. The van der Waals surface area contributed by atoms with Gasteiger partial charge in [0.1, 0.15) is 6.10 Å². The van der Waals surface area contributed by atoms with Gasteiger partial charge < -0.3 is 14.9 Å². The van der Waals surface area contributed by atoms with Gasteiger partial charge in [-0.3, -0.25) is 4.98 Å². The van der Waals surface area contributed by atoms with Gasteiger partial charge in [0.2, 0.25) is 0 Å². The summed E-state index contributed by atoms with van der Waals surface area (Å²) in [5.74, 6) is 0.173. The lowest BCUT2D eigenvalue weighted by Gasteiger charge is -2.38. The first-order valence-electron chi connectivity index (χ1n) is 11.6. The van der Waals surface area contributed by atoms with Crippen LogP contribution >= 0.6 is 0 Å². The van der Waals surface area contributed by atoms with Gasteiger partial charge in [0.05, 0.1) is 24.0 Å². The molecule has 4 rings (SSSR count). The summed E-state index contributed by atoms with van der Waals surface area (Å²) in [5, 5.41) is 22.7. The largest absolute Gasteiger partial charge is 0.416 e. The highest BCUT2D eigenvalue weighted by Crippen LogP contribution is 2.49. The molecule has 1 unspecified atom stereocenters. The van der Waals surface area contributed by atoms with Crippen molar-refractivity contribution in [2.45, 2.75) is 83.3 Å². The molecule has 1 fully saturated rings. The van der Waals surface area contributed by atoms with Crippen molar-refractivity contribution in [3.8, 4) is 0 Å². The lowest BCUT2D eigenvalue weighted by molar-refractivity contribution is -0.137. The Labute approximate surface area is 192 Å². The van der Waals surface area contributed by atoms with Crippen LogP contribution in [0, 0.1) is 5.41 Å². The standard InChI is InChI=1S/C26H32F3NO3/c1-25(2)12-18-22(20(31)13-25)21(15-6-4-5-7-15)23(19(30-18)14-33-3)24(32)16-8-10-17(11-9-16)26(27,28)29/h8-11,15,20,24,31-32H,4-7,12-14H2,1-3H3/t20-,24?/m0/s1. The molecule has 0 saturated heterocycles. The number of methoxy groups -OCH3 is 1. The van der Waals surface area contributed by atoms with Crippen LogP contribution < -0.4 is 0 Å². The molecule has 7 heteroatoms. The SMILES string of the molecule is COCc1nc2c(c(C3CCCC3)c1C(O)c1ccc(C(F)(F)F)cc1)[C@@H](O)CC(C)(C)C2. The van der Waals surface area contributed by atoms with E-state index in [2.05, 4.69) is 13.8 Å². The van der Waals surface area contributed by atoms with Gasteiger partial charge in [0.15, 0.2) is 0 Å². The summed E-state index contributed by atoms with van der Waals surface area (Å²) in [6.07, 6.45) is -0.943. The van der Waals surface area contributed by atoms with E-state index in [0.717, 1.165) is 54.6 Å². The van der Waals surface area contributed by atoms with E-state index in [0.29, 0.717) is 29.7 Å². The molecule has 0 spiro atoms. The lowest BCUT2D eigenvalue weighted by Crippen LogP contribution is -2.30. The molecule has 4 nitrogen and oxygen atoms in total. The first-order valence-corrected chi connectivity index (χ1v) is 11.6. The summed E-state index contributed by atoms with van der Waals surface area (Å²) in [7, 11) is 1.56. The Morgan fingerprint density at radius 1 is 1.12 bits per heavy atom. The zero-order valence-electron chi connectivity index (χ0n) is 19.4. The maximum absolute atomic E-state index is 13.1. The first-order chi connectivity index (χ1) is 15.5. The second-order valence-corrected chi connectivity index (χ2v) is 10.2. The number of hydrogen-bond donors (Lipinski definition) is 2. The van der Waals surface area contributed by atoms with Gasteiger partial charge in [0, 0.05) is 23.9 Å². The monoisotopic (exact) mass is 463 g/mol. The van der Waals surface area contributed by atoms with Crippen molar-refractivity contribution < 1.29 is 28.1 Å². The molecule has 0 radical (unpaired) electrons. The predicted molar refractivity (Wildman–Crippen MR) is 119 cm³/mol. The topological polar surface area (TPSA) is 62.6 Å². The number of alkyl halides is 3. The number of benzene rings is 1. The van der Waals surface area contributed by atoms with Crippen LogP contribution in [0.3, 0.4) is 0 Å². The minimum Gasteiger partial charge on any atom is -0.388 e. The number of rotatable bonds is 5. The minimum absolute atomic E-state index is 0.107. The molecular weight excluding hydrogens is 431 g/mol. The molecule has 1 aromatic heterocycles. The molecule has 2 N–H and O–H groups in total. The van der Waals surface area contributed by atoms with Crippen LogP contribution in [0.2, 0.25) is 0 Å². The van der Waals surface area contributed by atoms with Crippen molar-refractivity contribution >= 4 is 0 Å². The molecule has 0 aliphatic heterocycles. The summed E-state index contributed by atoms with van der Waals surface area (Å²) in [6.45, 7) is 4.39. The third kappa shape index (κ3) is 4.81. The maximum Gasteiger partial charge on any atom is 0.416 e. The number of fused-ring (bicyclic) bond motifs is 1. The number of aliphatic hydroxyl groups is 2. The number of halogens is 3. The van der Waals surface area contributed by atoms with E-state index in [-0.39, 0.29) is 17.9 Å². The Hall–Kier alpha value is -1.96. The van der Waals surface area contributed by atoms with E-state index in [1.165, 1.54) is 12.1 Å². The number of aliphatic hydroxyl groups excluding tert-OH is 2. The molecule has 1 heterocycles. The Morgan fingerprint density at radius 3 is 2.33 bits per heavy atom. The van der Waals surface area contributed by atoms with Gasteiger partial charge in [-0.1, -0.05) is 38.8 Å². The quantitative estimate of drug-likeness (QED) is 0.572. The van der Waals surface area contributed by atoms with E-state index in [1.807, 2.05) is 0 Å². The van der Waals surface area contributed by atoms with E-state index in [4.69, 9.17) is 9.72 Å². The van der Waals surface area contributed by atoms with Gasteiger partial charge in [-0.05, 0) is 60.3 Å². The van der Waals surface area contributed by atoms with E-state index >= 15 is 0 Å². The smallest absolute Gasteiger partial charge is 0.388 e. The van der Waals surface area contributed by atoms with Gasteiger partial charge in [-0.2, -0.15) is 13.2 Å². The molecule has 180 valence electrons. The number of nitrogens with zero attached hydrogens (tertiary/aromatic N) is 1. The van der Waals surface area contributed by atoms with Crippen LogP contribution in [0.15, 0.2) is 24.3 Å². The third-order valence-corrected chi connectivity index (χ3v) is 7.07. The summed E-state index contributed by atoms with van der Waals surface area (Å²) in [4.78, 5) is 4.86. The van der Waals surface area contributed by atoms with E-state index in [1.54, 1.807) is 7.11 Å². The normalized spacial score (nSPS) is 21.8. The third-order valence-electron chi connectivity index (χ3n) is 7.07. The zero-order valence-corrected chi connectivity index (χ0v) is 19.4. The van der Waals surface area contributed by atoms with Crippen LogP contribution in [0.1, 0.15) is 103 Å². The molecule has 1 saturated carbocycles. The van der Waals surface area contributed by atoms with Crippen molar-refractivity contribution in [1.82, 2.24) is 4.98 Å². The van der Waals surface area contributed by atoms with Crippen molar-refractivity contribution in [3.63, 3.8) is 0 Å². The van der Waals surface area contributed by atoms with Crippen molar-refractivity contribution in [2.24, 2.45) is 5.41 Å². The van der Waals surface area contributed by atoms with Crippen LogP contribution in [0.5, 0.6) is 0 Å². The highest BCUT2D eigenvalue weighted by atomic mass is 19.4. The highest BCUT2D eigenvalue weighted by Gasteiger charge is 2.39. The fraction of sp³-hybridized carbons (Fsp3) is 0.577. The summed E-state index contributed by atoms with van der Waals surface area (Å²) in [6, 6.07) is 4.63. The zero-order chi connectivity index (χ0) is 24.0. The lowest BCUT2D eigenvalue weighted by atomic mass is 9.71. The number of ether oxygens (including phenoxy) is 1. The Morgan fingerprint density at radius 2 is 1.76 bits per heavy atom. The second kappa shape index (κ2) is 9.01. The van der Waals surface area contributed by atoms with Gasteiger partial charge in [0.25, 0.3) is 0 Å². The maximum atomic E-state index is 13.1. The summed E-state index contributed by atoms with van der Waals surface area (Å²) >= 11 is 0. The van der Waals surface area contributed by atoms with Crippen LogP contribution in [-0.2, 0) is 23.9 Å². The highest BCUT2D eigenvalue weighted by molar-refractivity contribution is 5.50. The molecule has 1 aromatic carbocycles. The van der Waals surface area contributed by atoms with Crippen LogP contribution in [-0.4, -0.2) is 22.3 Å². The number of hydrogen-bond acceptors (Lipinski definition) is 4. The van der Waals surface area contributed by atoms with E-state index < -0.39 is 23.9 Å². The first kappa shape index (κ1) is 24.2. The van der Waals surface area contributed by atoms with Gasteiger partial charge in [-0.25, -0.2) is 0 Å². The van der Waals surface area contributed by atoms with Crippen LogP contribution in [0.25, 0.3) is 0 Å². The molecule has 2 aliphatic carbocycles. The van der Waals surface area contributed by atoms with Crippen LogP contribution in [0.4, 0.5) is 13.2 Å². The van der Waals surface area contributed by atoms with Gasteiger partial charge in [-0.15, -0.1) is 0 Å².